The average molecular weight is 288 g/mol. The number of aromatic nitrogens is 3. The number of rotatable bonds is 3. The highest BCUT2D eigenvalue weighted by molar-refractivity contribution is 7.71. The van der Waals surface area contributed by atoms with Gasteiger partial charge >= 0.3 is 0 Å². The van der Waals surface area contributed by atoms with E-state index >= 15 is 0 Å². The number of H-pyrrole nitrogens is 1. The highest BCUT2D eigenvalue weighted by Crippen LogP contribution is 2.30. The van der Waals surface area contributed by atoms with Gasteiger partial charge in [-0.3, -0.25) is 4.57 Å². The summed E-state index contributed by atoms with van der Waals surface area (Å²) >= 11 is 5.33. The van der Waals surface area contributed by atoms with Crippen molar-refractivity contribution < 1.29 is 0 Å². The molecule has 1 aromatic carbocycles. The maximum Gasteiger partial charge on any atom is 0.225 e. The molecule has 5 heteroatoms. The van der Waals surface area contributed by atoms with Crippen LogP contribution in [0.5, 0.6) is 0 Å². The third-order valence-corrected chi connectivity index (χ3v) is 4.23. The molecule has 1 aliphatic rings. The molecule has 0 radical (unpaired) electrons. The Morgan fingerprint density at radius 2 is 2.05 bits per heavy atom. The van der Waals surface area contributed by atoms with Gasteiger partial charge in [0.15, 0.2) is 4.77 Å². The van der Waals surface area contributed by atoms with Crippen LogP contribution in [0.2, 0.25) is 0 Å². The van der Waals surface area contributed by atoms with Crippen LogP contribution in [0, 0.1) is 4.77 Å². The van der Waals surface area contributed by atoms with Crippen molar-refractivity contribution in [2.45, 2.75) is 32.2 Å². The molecule has 2 heterocycles. The van der Waals surface area contributed by atoms with E-state index in [4.69, 9.17) is 12.2 Å². The molecule has 0 saturated carbocycles. The van der Waals surface area contributed by atoms with Crippen LogP contribution in [0.4, 0.5) is 5.95 Å². The van der Waals surface area contributed by atoms with Gasteiger partial charge in [0.05, 0.1) is 0 Å². The summed E-state index contributed by atoms with van der Waals surface area (Å²) in [5, 5.41) is 7.34. The second-order valence-electron chi connectivity index (χ2n) is 5.63. The van der Waals surface area contributed by atoms with E-state index in [2.05, 4.69) is 63.8 Å². The maximum absolute atomic E-state index is 5.33. The first-order chi connectivity index (χ1) is 9.66. The maximum atomic E-state index is 5.33. The van der Waals surface area contributed by atoms with E-state index in [1.165, 1.54) is 12.0 Å². The average Bonchev–Trinajstić information content (AvgIpc) is 3.05. The van der Waals surface area contributed by atoms with Crippen LogP contribution in [-0.4, -0.2) is 27.9 Å². The lowest BCUT2D eigenvalue weighted by Crippen LogP contribution is -2.24. The minimum atomic E-state index is 0.326. The molecular formula is C15H20N4S. The van der Waals surface area contributed by atoms with Crippen LogP contribution < -0.4 is 4.90 Å². The van der Waals surface area contributed by atoms with Crippen molar-refractivity contribution in [3.63, 3.8) is 0 Å². The first-order valence-corrected chi connectivity index (χ1v) is 7.54. The number of benzene rings is 1. The Morgan fingerprint density at radius 1 is 1.30 bits per heavy atom. The fourth-order valence-corrected chi connectivity index (χ4v) is 3.26. The Labute approximate surface area is 124 Å². The number of nitrogens with one attached hydrogen (secondary N) is 1. The Morgan fingerprint density at radius 3 is 2.75 bits per heavy atom. The molecule has 1 fully saturated rings. The molecule has 0 spiro atoms. The van der Waals surface area contributed by atoms with Gasteiger partial charge in [0, 0.05) is 25.0 Å². The van der Waals surface area contributed by atoms with Crippen molar-refractivity contribution in [2.24, 2.45) is 0 Å². The van der Waals surface area contributed by atoms with E-state index in [1.807, 2.05) is 0 Å². The predicted octanol–water partition coefficient (Wildman–Crippen LogP) is 3.52. The van der Waals surface area contributed by atoms with Crippen LogP contribution in [-0.2, 0) is 0 Å². The van der Waals surface area contributed by atoms with Gasteiger partial charge in [-0.25, -0.2) is 5.10 Å². The number of nitrogens with zero attached hydrogens (tertiary/aromatic N) is 3. The fourth-order valence-electron chi connectivity index (χ4n) is 2.92. The van der Waals surface area contributed by atoms with Crippen molar-refractivity contribution in [3.8, 4) is 0 Å². The summed E-state index contributed by atoms with van der Waals surface area (Å²) in [4.78, 5) is 2.34. The van der Waals surface area contributed by atoms with Gasteiger partial charge in [-0.05, 0) is 38.0 Å². The van der Waals surface area contributed by atoms with Gasteiger partial charge in [0.1, 0.15) is 0 Å². The van der Waals surface area contributed by atoms with E-state index in [9.17, 15) is 0 Å². The van der Waals surface area contributed by atoms with Gasteiger partial charge in [-0.2, -0.15) is 0 Å². The number of hydrogen-bond donors (Lipinski definition) is 1. The predicted molar refractivity (Wildman–Crippen MR) is 83.8 cm³/mol. The summed E-state index contributed by atoms with van der Waals surface area (Å²) in [5.41, 5.74) is 1.42. The highest BCUT2D eigenvalue weighted by atomic mass is 32.1. The van der Waals surface area contributed by atoms with Gasteiger partial charge in [-0.1, -0.05) is 30.3 Å². The van der Waals surface area contributed by atoms with E-state index in [0.29, 0.717) is 16.7 Å². The number of hydrogen-bond acceptors (Lipinski definition) is 3. The summed E-state index contributed by atoms with van der Waals surface area (Å²) in [7, 11) is 0. The topological polar surface area (TPSA) is 36.9 Å². The second-order valence-corrected chi connectivity index (χ2v) is 6.02. The number of aromatic amines is 1. The summed E-state index contributed by atoms with van der Waals surface area (Å²) in [6.45, 7) is 6.32. The summed E-state index contributed by atoms with van der Waals surface area (Å²) in [5.74, 6) is 1.56. The molecule has 2 aromatic rings. The first kappa shape index (κ1) is 13.4. The Hall–Kier alpha value is -1.62. The van der Waals surface area contributed by atoms with Gasteiger partial charge in [-0.15, -0.1) is 5.10 Å². The molecule has 3 rings (SSSR count). The van der Waals surface area contributed by atoms with Gasteiger partial charge < -0.3 is 4.90 Å². The van der Waals surface area contributed by atoms with Crippen LogP contribution in [0.15, 0.2) is 30.3 Å². The van der Waals surface area contributed by atoms with E-state index in [1.54, 1.807) is 0 Å². The lowest BCUT2D eigenvalue weighted by Gasteiger charge is -2.20. The molecular weight excluding hydrogens is 268 g/mol. The molecule has 0 aliphatic carbocycles. The molecule has 1 atom stereocenters. The Kier molecular flexibility index (Phi) is 3.61. The van der Waals surface area contributed by atoms with Gasteiger partial charge in [0.25, 0.3) is 0 Å². The summed E-state index contributed by atoms with van der Waals surface area (Å²) in [6.07, 6.45) is 1.17. The molecule has 1 saturated heterocycles. The smallest absolute Gasteiger partial charge is 0.225 e. The van der Waals surface area contributed by atoms with Crippen LogP contribution in [0.1, 0.15) is 37.8 Å². The lowest BCUT2D eigenvalue weighted by molar-refractivity contribution is 0.584. The van der Waals surface area contributed by atoms with Crippen molar-refractivity contribution >= 4 is 18.2 Å². The normalized spacial score (nSPS) is 18.9. The van der Waals surface area contributed by atoms with Crippen molar-refractivity contribution in [1.82, 2.24) is 14.8 Å². The Balaban J connectivity index is 1.83. The summed E-state index contributed by atoms with van der Waals surface area (Å²) in [6, 6.07) is 11.1. The minimum absolute atomic E-state index is 0.326. The first-order valence-electron chi connectivity index (χ1n) is 7.13. The van der Waals surface area contributed by atoms with E-state index in [-0.39, 0.29) is 0 Å². The van der Waals surface area contributed by atoms with Gasteiger partial charge in [0.2, 0.25) is 5.95 Å². The molecule has 1 aromatic heterocycles. The quantitative estimate of drug-likeness (QED) is 0.878. The van der Waals surface area contributed by atoms with Crippen LogP contribution >= 0.6 is 12.2 Å². The van der Waals surface area contributed by atoms with Crippen LogP contribution in [0.3, 0.4) is 0 Å². The third kappa shape index (κ3) is 2.38. The fraction of sp³-hybridized carbons (Fsp3) is 0.467. The zero-order chi connectivity index (χ0) is 14.1. The number of anilines is 1. The zero-order valence-corrected chi connectivity index (χ0v) is 12.7. The second kappa shape index (κ2) is 5.40. The highest BCUT2D eigenvalue weighted by Gasteiger charge is 2.27. The Bertz CT molecular complexity index is 629. The summed E-state index contributed by atoms with van der Waals surface area (Å²) < 4.78 is 2.81. The molecule has 0 amide bonds. The van der Waals surface area contributed by atoms with Crippen molar-refractivity contribution in [2.75, 3.05) is 18.0 Å². The third-order valence-electron chi connectivity index (χ3n) is 3.94. The molecule has 1 aliphatic heterocycles. The minimum Gasteiger partial charge on any atom is -0.340 e. The van der Waals surface area contributed by atoms with E-state index < -0.39 is 0 Å². The SMILES string of the molecule is CC(C)n1c(N2CCC(c3ccccc3)C2)n[nH]c1=S. The molecule has 0 bridgehead atoms. The standard InChI is InChI=1S/C15H20N4S/c1-11(2)19-14(16-17-15(19)20)18-9-8-13(10-18)12-6-4-3-5-7-12/h3-7,11,13H,8-10H2,1-2H3,(H,17,20). The largest absolute Gasteiger partial charge is 0.340 e. The van der Waals surface area contributed by atoms with E-state index in [0.717, 1.165) is 19.0 Å². The lowest BCUT2D eigenvalue weighted by atomic mass is 9.99. The molecule has 4 nitrogen and oxygen atoms in total. The van der Waals surface area contributed by atoms with Crippen molar-refractivity contribution in [3.05, 3.63) is 40.7 Å². The molecule has 20 heavy (non-hydrogen) atoms. The van der Waals surface area contributed by atoms with Crippen molar-refractivity contribution in [1.29, 1.82) is 0 Å². The molecule has 106 valence electrons. The zero-order valence-electron chi connectivity index (χ0n) is 11.9. The molecule has 1 unspecified atom stereocenters. The molecule has 1 N–H and O–H groups in total. The van der Waals surface area contributed by atoms with Crippen LogP contribution in [0.25, 0.3) is 0 Å². The monoisotopic (exact) mass is 288 g/mol.